The molecule has 4 heteroatoms. The largest absolute Gasteiger partial charge is 0.490 e. The summed E-state index contributed by atoms with van der Waals surface area (Å²) in [5.41, 5.74) is 0.622. The third-order valence-electron chi connectivity index (χ3n) is 3.34. The van der Waals surface area contributed by atoms with Crippen LogP contribution >= 0.6 is 0 Å². The van der Waals surface area contributed by atoms with Crippen molar-refractivity contribution in [2.24, 2.45) is 5.92 Å². The van der Waals surface area contributed by atoms with Crippen LogP contribution in [0.25, 0.3) is 0 Å². The number of carboxylic acid groups (broad SMARTS) is 1. The molecule has 0 radical (unpaired) electrons. The van der Waals surface area contributed by atoms with Crippen molar-refractivity contribution in [3.63, 3.8) is 0 Å². The molecule has 0 amide bonds. The summed E-state index contributed by atoms with van der Waals surface area (Å²) in [6.45, 7) is 0. The van der Waals surface area contributed by atoms with Crippen molar-refractivity contribution >= 4 is 12.3 Å². The predicted molar refractivity (Wildman–Crippen MR) is 65.8 cm³/mol. The molecular weight excluding hydrogens is 232 g/mol. The first-order valence-electron chi connectivity index (χ1n) is 6.13. The van der Waals surface area contributed by atoms with Gasteiger partial charge in [-0.2, -0.15) is 0 Å². The number of hydrogen-bond donors (Lipinski definition) is 1. The summed E-state index contributed by atoms with van der Waals surface area (Å²) in [5.74, 6) is -0.189. The molecule has 0 bridgehead atoms. The average Bonchev–Trinajstić information content (AvgIpc) is 2.40. The molecule has 1 N–H and O–H groups in total. The van der Waals surface area contributed by atoms with E-state index < -0.39 is 5.97 Å². The molecular formula is C14H16O4. The molecule has 1 aromatic carbocycles. The molecule has 1 aromatic rings. The van der Waals surface area contributed by atoms with Gasteiger partial charge >= 0.3 is 5.97 Å². The Hall–Kier alpha value is -1.84. The van der Waals surface area contributed by atoms with E-state index >= 15 is 0 Å². The van der Waals surface area contributed by atoms with Crippen molar-refractivity contribution in [2.45, 2.75) is 31.8 Å². The highest BCUT2D eigenvalue weighted by atomic mass is 16.5. The summed E-state index contributed by atoms with van der Waals surface area (Å²) >= 11 is 0. The van der Waals surface area contributed by atoms with Crippen LogP contribution in [0.5, 0.6) is 5.75 Å². The lowest BCUT2D eigenvalue weighted by molar-refractivity contribution is -0.143. The third kappa shape index (κ3) is 3.09. The minimum atomic E-state index is -0.705. The van der Waals surface area contributed by atoms with E-state index in [4.69, 9.17) is 9.84 Å². The zero-order chi connectivity index (χ0) is 13.0. The van der Waals surface area contributed by atoms with Gasteiger partial charge in [-0.25, -0.2) is 0 Å². The summed E-state index contributed by atoms with van der Waals surface area (Å²) in [6, 6.07) is 6.97. The van der Waals surface area contributed by atoms with E-state index in [-0.39, 0.29) is 12.0 Å². The quantitative estimate of drug-likeness (QED) is 0.831. The van der Waals surface area contributed by atoms with E-state index in [0.717, 1.165) is 24.9 Å². The fourth-order valence-corrected chi connectivity index (χ4v) is 2.25. The van der Waals surface area contributed by atoms with Gasteiger partial charge in [0.1, 0.15) is 12.0 Å². The van der Waals surface area contributed by atoms with E-state index in [0.29, 0.717) is 18.4 Å². The van der Waals surface area contributed by atoms with Gasteiger partial charge in [-0.15, -0.1) is 0 Å². The van der Waals surface area contributed by atoms with Gasteiger partial charge in [0.15, 0.2) is 0 Å². The Morgan fingerprint density at radius 3 is 2.28 bits per heavy atom. The second-order valence-corrected chi connectivity index (χ2v) is 4.62. The number of ether oxygens (including phenoxy) is 1. The third-order valence-corrected chi connectivity index (χ3v) is 3.34. The number of carbonyl (C=O) groups is 2. The highest BCUT2D eigenvalue weighted by Gasteiger charge is 2.26. The van der Waals surface area contributed by atoms with Crippen molar-refractivity contribution in [2.75, 3.05) is 0 Å². The predicted octanol–water partition coefficient (Wildman–Crippen LogP) is 2.52. The number of rotatable bonds is 4. The van der Waals surface area contributed by atoms with Crippen LogP contribution in [0, 0.1) is 5.92 Å². The SMILES string of the molecule is O=Cc1ccc(OC2CCC(C(=O)O)CC2)cc1. The minimum absolute atomic E-state index is 0.0858. The zero-order valence-electron chi connectivity index (χ0n) is 10.0. The maximum absolute atomic E-state index is 10.8. The smallest absolute Gasteiger partial charge is 0.306 e. The molecule has 18 heavy (non-hydrogen) atoms. The molecule has 1 aliphatic carbocycles. The molecule has 0 atom stereocenters. The van der Waals surface area contributed by atoms with Crippen LogP contribution < -0.4 is 4.74 Å². The van der Waals surface area contributed by atoms with Gasteiger partial charge in [0.2, 0.25) is 0 Å². The highest BCUT2D eigenvalue weighted by molar-refractivity contribution is 5.74. The van der Waals surface area contributed by atoms with Crippen LogP contribution in [0.2, 0.25) is 0 Å². The van der Waals surface area contributed by atoms with Crippen LogP contribution in [-0.4, -0.2) is 23.5 Å². The summed E-state index contributed by atoms with van der Waals surface area (Å²) in [7, 11) is 0. The summed E-state index contributed by atoms with van der Waals surface area (Å²) < 4.78 is 5.77. The first kappa shape index (κ1) is 12.6. The van der Waals surface area contributed by atoms with Gasteiger partial charge in [-0.05, 0) is 49.9 Å². The number of carbonyl (C=O) groups excluding carboxylic acids is 1. The number of aldehydes is 1. The van der Waals surface area contributed by atoms with E-state index in [1.54, 1.807) is 24.3 Å². The van der Waals surface area contributed by atoms with Crippen molar-refractivity contribution in [3.05, 3.63) is 29.8 Å². The fraction of sp³-hybridized carbons (Fsp3) is 0.429. The number of aliphatic carboxylic acids is 1. The number of benzene rings is 1. The molecule has 1 fully saturated rings. The lowest BCUT2D eigenvalue weighted by atomic mass is 9.87. The molecule has 0 heterocycles. The second-order valence-electron chi connectivity index (χ2n) is 4.62. The standard InChI is InChI=1S/C14H16O4/c15-9-10-1-5-12(6-2-10)18-13-7-3-11(4-8-13)14(16)17/h1-2,5-6,9,11,13H,3-4,7-8H2,(H,16,17). The molecule has 1 aliphatic rings. The zero-order valence-corrected chi connectivity index (χ0v) is 10.0. The molecule has 0 saturated heterocycles. The fourth-order valence-electron chi connectivity index (χ4n) is 2.25. The monoisotopic (exact) mass is 248 g/mol. The maximum Gasteiger partial charge on any atom is 0.306 e. The molecule has 1 saturated carbocycles. The normalized spacial score (nSPS) is 23.3. The molecule has 4 nitrogen and oxygen atoms in total. The van der Waals surface area contributed by atoms with E-state index in [9.17, 15) is 9.59 Å². The van der Waals surface area contributed by atoms with E-state index in [2.05, 4.69) is 0 Å². The lowest BCUT2D eigenvalue weighted by Gasteiger charge is -2.26. The van der Waals surface area contributed by atoms with E-state index in [1.165, 1.54) is 0 Å². The summed E-state index contributed by atoms with van der Waals surface area (Å²) in [6.07, 6.45) is 3.77. The van der Waals surface area contributed by atoms with Crippen LogP contribution in [0.15, 0.2) is 24.3 Å². The molecule has 0 aromatic heterocycles. The van der Waals surface area contributed by atoms with Gasteiger partial charge in [0.25, 0.3) is 0 Å². The van der Waals surface area contributed by atoms with Gasteiger partial charge in [0.05, 0.1) is 12.0 Å². The Morgan fingerprint density at radius 1 is 1.17 bits per heavy atom. The summed E-state index contributed by atoms with van der Waals surface area (Å²) in [4.78, 5) is 21.3. The van der Waals surface area contributed by atoms with Gasteiger partial charge in [0, 0.05) is 5.56 Å². The number of carboxylic acids is 1. The van der Waals surface area contributed by atoms with Crippen molar-refractivity contribution in [1.29, 1.82) is 0 Å². The van der Waals surface area contributed by atoms with Gasteiger partial charge in [-0.1, -0.05) is 0 Å². The topological polar surface area (TPSA) is 63.6 Å². The van der Waals surface area contributed by atoms with Crippen LogP contribution in [0.1, 0.15) is 36.0 Å². The Balaban J connectivity index is 1.87. The molecule has 0 unspecified atom stereocenters. The first-order valence-corrected chi connectivity index (χ1v) is 6.13. The molecule has 0 aliphatic heterocycles. The van der Waals surface area contributed by atoms with Crippen molar-refractivity contribution in [1.82, 2.24) is 0 Å². The van der Waals surface area contributed by atoms with Crippen molar-refractivity contribution < 1.29 is 19.4 Å². The van der Waals surface area contributed by atoms with Crippen LogP contribution in [0.3, 0.4) is 0 Å². The van der Waals surface area contributed by atoms with Gasteiger partial charge < -0.3 is 9.84 Å². The minimum Gasteiger partial charge on any atom is -0.490 e. The second kappa shape index (κ2) is 5.67. The Morgan fingerprint density at radius 2 is 1.78 bits per heavy atom. The van der Waals surface area contributed by atoms with Crippen molar-refractivity contribution in [3.8, 4) is 5.75 Å². The lowest BCUT2D eigenvalue weighted by Crippen LogP contribution is -2.27. The van der Waals surface area contributed by atoms with Gasteiger partial charge in [-0.3, -0.25) is 9.59 Å². The number of hydrogen-bond acceptors (Lipinski definition) is 3. The Kier molecular flexibility index (Phi) is 3.97. The van der Waals surface area contributed by atoms with Crippen LogP contribution in [-0.2, 0) is 4.79 Å². The summed E-state index contributed by atoms with van der Waals surface area (Å²) in [5, 5.41) is 8.90. The molecule has 96 valence electrons. The Labute approximate surface area is 106 Å². The Bertz CT molecular complexity index is 416. The molecule has 0 spiro atoms. The van der Waals surface area contributed by atoms with Crippen LogP contribution in [0.4, 0.5) is 0 Å². The van der Waals surface area contributed by atoms with E-state index in [1.807, 2.05) is 0 Å². The maximum atomic E-state index is 10.8. The average molecular weight is 248 g/mol. The first-order chi connectivity index (χ1) is 8.69. The molecule has 2 rings (SSSR count). The highest BCUT2D eigenvalue weighted by Crippen LogP contribution is 2.27.